The number of fused-ring (bicyclic) bond motifs is 1. The van der Waals surface area contributed by atoms with Gasteiger partial charge in [0.15, 0.2) is 5.79 Å². The van der Waals surface area contributed by atoms with E-state index in [0.29, 0.717) is 31.4 Å². The first-order valence-electron chi connectivity index (χ1n) is 10.9. The molecule has 1 aliphatic carbocycles. The van der Waals surface area contributed by atoms with Crippen molar-refractivity contribution in [3.05, 3.63) is 34.1 Å². The third-order valence-electron chi connectivity index (χ3n) is 7.27. The SMILES string of the molecule is C/C1=C2/OC(=O)[C@H]3[C@@H]2[C@@H](O[C@@]3(C)O)/C(C)=C/CC2=C(C(C)C)CC(=O)O[C@@]2(C)CC1. The number of hydrogen-bond donors (Lipinski definition) is 1. The van der Waals surface area contributed by atoms with E-state index in [1.165, 1.54) is 0 Å². The number of esters is 2. The molecule has 1 N–H and O–H groups in total. The number of hydrogen-bond acceptors (Lipinski definition) is 6. The Balaban J connectivity index is 1.85. The van der Waals surface area contributed by atoms with Crippen LogP contribution in [0.2, 0.25) is 0 Å². The van der Waals surface area contributed by atoms with Gasteiger partial charge in [-0.3, -0.25) is 9.59 Å². The van der Waals surface area contributed by atoms with E-state index in [1.807, 2.05) is 20.8 Å². The zero-order chi connectivity index (χ0) is 22.0. The molecule has 6 heteroatoms. The van der Waals surface area contributed by atoms with Crippen LogP contribution in [0, 0.1) is 17.8 Å². The fourth-order valence-electron chi connectivity index (χ4n) is 5.53. The van der Waals surface area contributed by atoms with Gasteiger partial charge in [-0.05, 0) is 69.6 Å². The van der Waals surface area contributed by atoms with Crippen molar-refractivity contribution in [3.63, 3.8) is 0 Å². The summed E-state index contributed by atoms with van der Waals surface area (Å²) in [5.74, 6) is -2.42. The zero-order valence-electron chi connectivity index (χ0n) is 18.7. The number of carbonyl (C=O) groups is 2. The molecule has 0 aromatic carbocycles. The number of carbonyl (C=O) groups excluding carboxylic acids is 2. The molecule has 5 atom stereocenters. The molecule has 0 aromatic heterocycles. The van der Waals surface area contributed by atoms with Crippen LogP contribution in [0.1, 0.15) is 67.2 Å². The van der Waals surface area contributed by atoms with Crippen molar-refractivity contribution in [3.8, 4) is 0 Å². The largest absolute Gasteiger partial charge is 0.455 e. The Bertz CT molecular complexity index is 889. The van der Waals surface area contributed by atoms with E-state index >= 15 is 0 Å². The number of rotatable bonds is 1. The summed E-state index contributed by atoms with van der Waals surface area (Å²) in [4.78, 5) is 25.0. The summed E-state index contributed by atoms with van der Waals surface area (Å²) in [6.45, 7) is 11.7. The van der Waals surface area contributed by atoms with Gasteiger partial charge < -0.3 is 19.3 Å². The normalized spacial score (nSPS) is 43.5. The van der Waals surface area contributed by atoms with Crippen LogP contribution < -0.4 is 0 Å². The highest BCUT2D eigenvalue weighted by atomic mass is 16.6. The van der Waals surface area contributed by atoms with Gasteiger partial charge in [0.1, 0.15) is 17.3 Å². The van der Waals surface area contributed by atoms with E-state index in [1.54, 1.807) is 6.92 Å². The smallest absolute Gasteiger partial charge is 0.320 e. The molecular formula is C24H32O6. The van der Waals surface area contributed by atoms with Gasteiger partial charge in [-0.25, -0.2) is 0 Å². The molecule has 164 valence electrons. The van der Waals surface area contributed by atoms with Gasteiger partial charge in [0, 0.05) is 0 Å². The Labute approximate surface area is 177 Å². The Morgan fingerprint density at radius 3 is 2.57 bits per heavy atom. The Morgan fingerprint density at radius 2 is 1.90 bits per heavy atom. The molecule has 0 radical (unpaired) electrons. The molecule has 0 aromatic rings. The van der Waals surface area contributed by atoms with Crippen molar-refractivity contribution in [1.82, 2.24) is 0 Å². The van der Waals surface area contributed by atoms with Gasteiger partial charge in [-0.2, -0.15) is 0 Å². The third-order valence-corrected chi connectivity index (χ3v) is 7.27. The molecule has 0 spiro atoms. The van der Waals surface area contributed by atoms with Gasteiger partial charge in [0.25, 0.3) is 0 Å². The molecular weight excluding hydrogens is 384 g/mol. The molecule has 4 aliphatic rings. The van der Waals surface area contributed by atoms with Gasteiger partial charge in [0.05, 0.1) is 18.4 Å². The van der Waals surface area contributed by atoms with Crippen LogP contribution in [0.5, 0.6) is 0 Å². The average molecular weight is 417 g/mol. The standard InChI is InChI=1S/C24H32O6/c1-12(2)15-11-17(25)29-23(5)10-9-14(4)20-18-19(22(26)28-20)24(6,27)30-21(18)13(3)7-8-16(15)23/h7,12,18-19,21,27H,8-11H2,1-6H3/b13-7+,20-14-/t18-,19+,21-,23-,24+/m0/s1. The minimum absolute atomic E-state index is 0.186. The molecule has 0 amide bonds. The molecule has 0 saturated carbocycles. The van der Waals surface area contributed by atoms with E-state index in [-0.39, 0.29) is 17.8 Å². The number of ether oxygens (including phenoxy) is 3. The zero-order valence-corrected chi connectivity index (χ0v) is 18.7. The molecule has 2 fully saturated rings. The maximum absolute atomic E-state index is 12.6. The maximum atomic E-state index is 12.6. The lowest BCUT2D eigenvalue weighted by Crippen LogP contribution is -2.39. The quantitative estimate of drug-likeness (QED) is 0.515. The Morgan fingerprint density at radius 1 is 1.20 bits per heavy atom. The molecule has 2 saturated heterocycles. The molecule has 4 rings (SSSR count). The average Bonchev–Trinajstić information content (AvgIpc) is 3.13. The van der Waals surface area contributed by atoms with Crippen LogP contribution in [-0.2, 0) is 23.8 Å². The topological polar surface area (TPSA) is 82.1 Å². The first-order chi connectivity index (χ1) is 13.9. The molecule has 0 bridgehead atoms. The Kier molecular flexibility index (Phi) is 5.02. The summed E-state index contributed by atoms with van der Waals surface area (Å²) >= 11 is 0. The summed E-state index contributed by atoms with van der Waals surface area (Å²) < 4.78 is 17.6. The predicted octanol–water partition coefficient (Wildman–Crippen LogP) is 3.95. The Hall–Kier alpha value is -1.92. The van der Waals surface area contributed by atoms with Gasteiger partial charge in [-0.15, -0.1) is 0 Å². The van der Waals surface area contributed by atoms with Crippen LogP contribution in [0.15, 0.2) is 34.1 Å². The van der Waals surface area contributed by atoms with Gasteiger partial charge >= 0.3 is 11.9 Å². The van der Waals surface area contributed by atoms with Crippen LogP contribution >= 0.6 is 0 Å². The van der Waals surface area contributed by atoms with Crippen LogP contribution in [0.4, 0.5) is 0 Å². The number of aliphatic hydroxyl groups is 1. The van der Waals surface area contributed by atoms with E-state index in [0.717, 1.165) is 22.3 Å². The highest BCUT2D eigenvalue weighted by Gasteiger charge is 2.62. The van der Waals surface area contributed by atoms with Gasteiger partial charge in [0.2, 0.25) is 0 Å². The second-order valence-corrected chi connectivity index (χ2v) is 9.85. The third kappa shape index (κ3) is 3.25. The lowest BCUT2D eigenvalue weighted by molar-refractivity contribution is -0.200. The molecule has 3 heterocycles. The van der Waals surface area contributed by atoms with Crippen LogP contribution in [-0.4, -0.2) is 34.5 Å². The summed E-state index contributed by atoms with van der Waals surface area (Å²) in [6, 6.07) is 0. The summed E-state index contributed by atoms with van der Waals surface area (Å²) in [7, 11) is 0. The minimum Gasteiger partial charge on any atom is -0.455 e. The van der Waals surface area contributed by atoms with Crippen molar-refractivity contribution in [1.29, 1.82) is 0 Å². The molecule has 6 nitrogen and oxygen atoms in total. The summed E-state index contributed by atoms with van der Waals surface area (Å²) in [5, 5.41) is 10.8. The van der Waals surface area contributed by atoms with Crippen molar-refractivity contribution in [2.75, 3.05) is 0 Å². The van der Waals surface area contributed by atoms with E-state index < -0.39 is 29.4 Å². The van der Waals surface area contributed by atoms with Crippen molar-refractivity contribution >= 4 is 11.9 Å². The lowest BCUT2D eigenvalue weighted by atomic mass is 9.78. The monoisotopic (exact) mass is 416 g/mol. The summed E-state index contributed by atoms with van der Waals surface area (Å²) in [5.41, 5.74) is 3.49. The fraction of sp³-hybridized carbons (Fsp3) is 0.667. The van der Waals surface area contributed by atoms with E-state index in [2.05, 4.69) is 19.9 Å². The number of allylic oxidation sites excluding steroid dienone is 2. The van der Waals surface area contributed by atoms with Gasteiger partial charge in [-0.1, -0.05) is 25.5 Å². The minimum atomic E-state index is -1.56. The van der Waals surface area contributed by atoms with Crippen molar-refractivity contribution in [2.24, 2.45) is 17.8 Å². The molecule has 0 unspecified atom stereocenters. The fourth-order valence-corrected chi connectivity index (χ4v) is 5.53. The van der Waals surface area contributed by atoms with Crippen molar-refractivity contribution < 1.29 is 28.9 Å². The first kappa shape index (κ1) is 21.3. The molecule has 3 aliphatic heterocycles. The van der Waals surface area contributed by atoms with Crippen molar-refractivity contribution in [2.45, 2.75) is 84.7 Å². The van der Waals surface area contributed by atoms with E-state index in [4.69, 9.17) is 14.2 Å². The van der Waals surface area contributed by atoms with Crippen LogP contribution in [0.3, 0.4) is 0 Å². The van der Waals surface area contributed by atoms with E-state index in [9.17, 15) is 14.7 Å². The first-order valence-corrected chi connectivity index (χ1v) is 10.9. The highest BCUT2D eigenvalue weighted by molar-refractivity contribution is 5.80. The second kappa shape index (κ2) is 7.06. The maximum Gasteiger partial charge on any atom is 0.320 e. The lowest BCUT2D eigenvalue weighted by Gasteiger charge is -2.39. The second-order valence-electron chi connectivity index (χ2n) is 9.85. The predicted molar refractivity (Wildman–Crippen MR) is 110 cm³/mol. The van der Waals surface area contributed by atoms with Crippen LogP contribution in [0.25, 0.3) is 0 Å². The highest BCUT2D eigenvalue weighted by Crippen LogP contribution is 2.52. The molecule has 30 heavy (non-hydrogen) atoms. The summed E-state index contributed by atoms with van der Waals surface area (Å²) in [6.07, 6.45) is 3.87.